The minimum absolute atomic E-state index is 0. The molecule has 1 aliphatic heterocycles. The smallest absolute Gasteiger partial charge is 0.339 e. The largest absolute Gasteiger partial charge is 0.416 e. The Hall–Kier alpha value is -1.37. The predicted octanol–water partition coefficient (Wildman–Crippen LogP) is 5.93. The third-order valence-electron chi connectivity index (χ3n) is 4.12. The number of hydrogen-bond acceptors (Lipinski definition) is 3. The normalized spacial score (nSPS) is 14.5. The third kappa shape index (κ3) is 4.48. The van der Waals surface area contributed by atoms with Crippen molar-refractivity contribution in [2.24, 2.45) is 5.92 Å². The highest BCUT2D eigenvalue weighted by molar-refractivity contribution is 7.99. The van der Waals surface area contributed by atoms with Gasteiger partial charge in [0.15, 0.2) is 0 Å². The van der Waals surface area contributed by atoms with E-state index in [-0.39, 0.29) is 12.4 Å². The number of nitrogens with zero attached hydrogens (tertiary/aromatic N) is 2. The molecule has 0 aliphatic carbocycles. The fraction of sp³-hybridized carbons (Fsp3) is 0.368. The first-order chi connectivity index (χ1) is 11.8. The molecule has 0 unspecified atom stereocenters. The number of halogens is 4. The van der Waals surface area contributed by atoms with Gasteiger partial charge in [-0.05, 0) is 50.3 Å². The Morgan fingerprint density at radius 2 is 1.69 bits per heavy atom. The van der Waals surface area contributed by atoms with Gasteiger partial charge in [0, 0.05) is 22.9 Å². The number of para-hydroxylation sites is 1. The average Bonchev–Trinajstić information content (AvgIpc) is 2.52. The van der Waals surface area contributed by atoms with Crippen LogP contribution in [0.1, 0.15) is 12.5 Å². The van der Waals surface area contributed by atoms with E-state index in [1.54, 1.807) is 6.07 Å². The van der Waals surface area contributed by atoms with E-state index in [0.29, 0.717) is 18.2 Å². The topological polar surface area (TPSA) is 6.48 Å². The van der Waals surface area contributed by atoms with Crippen LogP contribution in [0.3, 0.4) is 0 Å². The predicted molar refractivity (Wildman–Crippen MR) is 104 cm³/mol. The fourth-order valence-corrected chi connectivity index (χ4v) is 4.27. The SMILES string of the molecule is C[C@H](CN(C)C)CN1c2ccccc2Sc2ccc(C(F)(F)F)cc21.Cl. The molecule has 1 heterocycles. The molecule has 0 N–H and O–H groups in total. The van der Waals surface area contributed by atoms with Gasteiger partial charge in [-0.25, -0.2) is 0 Å². The Bertz CT molecular complexity index is 765. The van der Waals surface area contributed by atoms with Gasteiger partial charge in [0.25, 0.3) is 0 Å². The van der Waals surface area contributed by atoms with Crippen molar-refractivity contribution in [1.82, 2.24) is 4.90 Å². The van der Waals surface area contributed by atoms with E-state index in [1.807, 2.05) is 43.3 Å². The van der Waals surface area contributed by atoms with Crippen LogP contribution in [-0.4, -0.2) is 32.1 Å². The highest BCUT2D eigenvalue weighted by Gasteiger charge is 2.33. The van der Waals surface area contributed by atoms with Crippen LogP contribution < -0.4 is 4.90 Å². The quantitative estimate of drug-likeness (QED) is 0.626. The molecule has 0 fully saturated rings. The molecule has 0 saturated carbocycles. The Balaban J connectivity index is 0.00000243. The second-order valence-corrected chi connectivity index (χ2v) is 7.81. The summed E-state index contributed by atoms with van der Waals surface area (Å²) in [6, 6.07) is 11.9. The highest BCUT2D eigenvalue weighted by Crippen LogP contribution is 2.49. The molecule has 0 spiro atoms. The van der Waals surface area contributed by atoms with Crippen molar-refractivity contribution in [3.8, 4) is 0 Å². The van der Waals surface area contributed by atoms with Crippen molar-refractivity contribution >= 4 is 35.5 Å². The van der Waals surface area contributed by atoms with Gasteiger partial charge in [0.2, 0.25) is 0 Å². The summed E-state index contributed by atoms with van der Waals surface area (Å²) in [7, 11) is 4.01. The molecule has 1 atom stereocenters. The second-order valence-electron chi connectivity index (χ2n) is 6.73. The molecule has 0 saturated heterocycles. The molecule has 2 nitrogen and oxygen atoms in total. The summed E-state index contributed by atoms with van der Waals surface area (Å²) in [5, 5.41) is 0. The van der Waals surface area contributed by atoms with Crippen LogP contribution in [-0.2, 0) is 6.18 Å². The van der Waals surface area contributed by atoms with Crippen molar-refractivity contribution in [3.05, 3.63) is 48.0 Å². The number of rotatable bonds is 4. The summed E-state index contributed by atoms with van der Waals surface area (Å²) >= 11 is 1.53. The molecule has 1 aliphatic rings. The van der Waals surface area contributed by atoms with Crippen molar-refractivity contribution in [3.63, 3.8) is 0 Å². The van der Waals surface area contributed by atoms with Gasteiger partial charge in [-0.1, -0.05) is 30.8 Å². The van der Waals surface area contributed by atoms with Crippen LogP contribution in [0.15, 0.2) is 52.3 Å². The molecule has 3 rings (SSSR count). The Morgan fingerprint density at radius 3 is 2.35 bits per heavy atom. The van der Waals surface area contributed by atoms with Crippen LogP contribution >= 0.6 is 24.2 Å². The van der Waals surface area contributed by atoms with Gasteiger partial charge in [-0.15, -0.1) is 12.4 Å². The van der Waals surface area contributed by atoms with Crippen molar-refractivity contribution in [2.75, 3.05) is 32.1 Å². The van der Waals surface area contributed by atoms with Gasteiger partial charge in [0.05, 0.1) is 16.9 Å². The van der Waals surface area contributed by atoms with Gasteiger partial charge in [-0.2, -0.15) is 13.2 Å². The number of anilines is 2. The summed E-state index contributed by atoms with van der Waals surface area (Å²) in [5.74, 6) is 0.313. The van der Waals surface area contributed by atoms with Crippen LogP contribution in [0, 0.1) is 5.92 Å². The van der Waals surface area contributed by atoms with Gasteiger partial charge in [0.1, 0.15) is 0 Å². The lowest BCUT2D eigenvalue weighted by Gasteiger charge is -2.35. The number of benzene rings is 2. The molecule has 0 aromatic heterocycles. The van der Waals surface area contributed by atoms with Gasteiger partial charge in [-0.3, -0.25) is 0 Å². The maximum Gasteiger partial charge on any atom is 0.416 e. The zero-order valence-corrected chi connectivity index (χ0v) is 16.5. The van der Waals surface area contributed by atoms with E-state index in [2.05, 4.69) is 11.8 Å². The summed E-state index contributed by atoms with van der Waals surface area (Å²) in [6.07, 6.45) is -4.34. The van der Waals surface area contributed by atoms with Gasteiger partial charge < -0.3 is 9.80 Å². The lowest BCUT2D eigenvalue weighted by molar-refractivity contribution is -0.137. The van der Waals surface area contributed by atoms with E-state index in [0.717, 1.165) is 22.0 Å². The van der Waals surface area contributed by atoms with E-state index < -0.39 is 11.7 Å². The first-order valence-electron chi connectivity index (χ1n) is 8.16. The Labute approximate surface area is 162 Å². The lowest BCUT2D eigenvalue weighted by atomic mass is 10.1. The lowest BCUT2D eigenvalue weighted by Crippen LogP contribution is -2.31. The van der Waals surface area contributed by atoms with Crippen LogP contribution in [0.2, 0.25) is 0 Å². The molecule has 0 radical (unpaired) electrons. The van der Waals surface area contributed by atoms with Crippen LogP contribution in [0.5, 0.6) is 0 Å². The van der Waals surface area contributed by atoms with E-state index in [4.69, 9.17) is 0 Å². The zero-order chi connectivity index (χ0) is 18.2. The first-order valence-corrected chi connectivity index (χ1v) is 8.98. The van der Waals surface area contributed by atoms with E-state index in [9.17, 15) is 13.2 Å². The van der Waals surface area contributed by atoms with Crippen molar-refractivity contribution in [2.45, 2.75) is 22.9 Å². The number of fused-ring (bicyclic) bond motifs is 2. The summed E-state index contributed by atoms with van der Waals surface area (Å²) < 4.78 is 39.6. The highest BCUT2D eigenvalue weighted by atomic mass is 35.5. The maximum atomic E-state index is 13.2. The molecule has 2 aromatic rings. The minimum Gasteiger partial charge on any atom is -0.339 e. The van der Waals surface area contributed by atoms with Crippen molar-refractivity contribution in [1.29, 1.82) is 0 Å². The Morgan fingerprint density at radius 1 is 1.04 bits per heavy atom. The zero-order valence-electron chi connectivity index (χ0n) is 14.9. The molecule has 7 heteroatoms. The molecule has 0 amide bonds. The molecular weight excluding hydrogens is 381 g/mol. The molecule has 142 valence electrons. The number of alkyl halides is 3. The first kappa shape index (κ1) is 20.9. The minimum atomic E-state index is -4.34. The molecule has 2 aromatic carbocycles. The fourth-order valence-electron chi connectivity index (χ4n) is 3.20. The average molecular weight is 403 g/mol. The molecule has 26 heavy (non-hydrogen) atoms. The standard InChI is InChI=1S/C19H21F3N2S.ClH/c1-13(11-23(2)3)12-24-15-6-4-5-7-17(15)25-18-9-8-14(10-16(18)24)19(20,21)22;/h4-10,13H,11-12H2,1-3H3;1H/t13-;/m1./s1. The number of hydrogen-bond donors (Lipinski definition) is 0. The van der Waals surface area contributed by atoms with Gasteiger partial charge >= 0.3 is 6.18 Å². The maximum absolute atomic E-state index is 13.2. The molecular formula is C19H22ClF3N2S. The second kappa shape index (κ2) is 8.11. The van der Waals surface area contributed by atoms with Crippen LogP contribution in [0.25, 0.3) is 0 Å². The summed E-state index contributed by atoms with van der Waals surface area (Å²) in [5.41, 5.74) is 1.02. The third-order valence-corrected chi connectivity index (χ3v) is 5.25. The Kier molecular flexibility index (Phi) is 6.53. The van der Waals surface area contributed by atoms with Crippen LogP contribution in [0.4, 0.5) is 24.5 Å². The van der Waals surface area contributed by atoms with E-state index in [1.165, 1.54) is 23.9 Å². The van der Waals surface area contributed by atoms with Crippen molar-refractivity contribution < 1.29 is 13.2 Å². The summed E-state index contributed by atoms with van der Waals surface area (Å²) in [4.78, 5) is 6.07. The summed E-state index contributed by atoms with van der Waals surface area (Å²) in [6.45, 7) is 3.67. The monoisotopic (exact) mass is 402 g/mol. The van der Waals surface area contributed by atoms with E-state index >= 15 is 0 Å². The molecule has 0 bridgehead atoms.